The van der Waals surface area contributed by atoms with Crippen molar-refractivity contribution >= 4 is 28.9 Å². The first-order valence-electron chi connectivity index (χ1n) is 6.13. The zero-order chi connectivity index (χ0) is 11.5. The van der Waals surface area contributed by atoms with Crippen LogP contribution in [-0.4, -0.2) is 22.5 Å². The molecule has 17 heavy (non-hydrogen) atoms. The number of oxazole rings is 1. The Morgan fingerprint density at radius 3 is 3.12 bits per heavy atom. The Morgan fingerprint density at radius 2 is 2.29 bits per heavy atom. The summed E-state index contributed by atoms with van der Waals surface area (Å²) >= 11 is 2.06. The maximum absolute atomic E-state index is 5.63. The lowest BCUT2D eigenvalue weighted by Gasteiger charge is -2.20. The molecule has 4 heteroatoms. The van der Waals surface area contributed by atoms with Gasteiger partial charge in [-0.3, -0.25) is 0 Å². The van der Waals surface area contributed by atoms with E-state index in [1.807, 2.05) is 24.3 Å². The fourth-order valence-corrected chi connectivity index (χ4v) is 3.36. The molecule has 0 spiro atoms. The zero-order valence-corrected chi connectivity index (χ0v) is 10.5. The van der Waals surface area contributed by atoms with Crippen LogP contribution in [0.4, 0.5) is 6.01 Å². The number of nitrogens with zero attached hydrogens (tertiary/aromatic N) is 1. The highest BCUT2D eigenvalue weighted by Gasteiger charge is 2.14. The maximum Gasteiger partial charge on any atom is 0.295 e. The molecule has 1 aromatic carbocycles. The van der Waals surface area contributed by atoms with Crippen LogP contribution in [0.3, 0.4) is 0 Å². The fourth-order valence-electron chi connectivity index (χ4n) is 2.12. The molecular formula is C13H16N2OS. The number of para-hydroxylation sites is 2. The lowest BCUT2D eigenvalue weighted by Crippen LogP contribution is -2.20. The van der Waals surface area contributed by atoms with Crippen LogP contribution in [-0.2, 0) is 0 Å². The van der Waals surface area contributed by atoms with Crippen molar-refractivity contribution in [2.24, 2.45) is 0 Å². The molecule has 1 atom stereocenters. The standard InChI is InChI=1S/C13H16N2OS/c1-2-7-12-11(6-1)15-13(16-12)14-9-10-5-3-4-8-17-10/h1-2,6-7,10H,3-5,8-9H2,(H,14,15). The quantitative estimate of drug-likeness (QED) is 0.901. The molecule has 2 aromatic rings. The minimum absolute atomic E-state index is 0.650. The number of rotatable bonds is 3. The molecule has 3 rings (SSSR count). The van der Waals surface area contributed by atoms with E-state index in [1.165, 1.54) is 25.0 Å². The summed E-state index contributed by atoms with van der Waals surface area (Å²) in [5.74, 6) is 1.29. The predicted octanol–water partition coefficient (Wildman–Crippen LogP) is 3.53. The minimum Gasteiger partial charge on any atom is -0.424 e. The van der Waals surface area contributed by atoms with Gasteiger partial charge < -0.3 is 9.73 Å². The van der Waals surface area contributed by atoms with Crippen molar-refractivity contribution in [1.29, 1.82) is 0 Å². The Bertz CT molecular complexity index is 458. The summed E-state index contributed by atoms with van der Waals surface area (Å²) in [6.07, 6.45) is 4.02. The molecule has 0 radical (unpaired) electrons. The third-order valence-corrected chi connectivity index (χ3v) is 4.45. The molecule has 1 fully saturated rings. The summed E-state index contributed by atoms with van der Waals surface area (Å²) in [5.41, 5.74) is 1.78. The molecule has 1 saturated heterocycles. The van der Waals surface area contributed by atoms with Crippen molar-refractivity contribution in [3.05, 3.63) is 24.3 Å². The van der Waals surface area contributed by atoms with Gasteiger partial charge in [-0.25, -0.2) is 0 Å². The Hall–Kier alpha value is -1.16. The van der Waals surface area contributed by atoms with E-state index in [1.54, 1.807) is 0 Å². The lowest BCUT2D eigenvalue weighted by atomic mass is 10.2. The number of fused-ring (bicyclic) bond motifs is 1. The van der Waals surface area contributed by atoms with Crippen LogP contribution in [0.2, 0.25) is 0 Å². The lowest BCUT2D eigenvalue weighted by molar-refractivity contribution is 0.606. The number of benzene rings is 1. The molecule has 1 aliphatic heterocycles. The van der Waals surface area contributed by atoms with Crippen LogP contribution in [0.5, 0.6) is 0 Å². The van der Waals surface area contributed by atoms with E-state index in [2.05, 4.69) is 22.1 Å². The predicted molar refractivity (Wildman–Crippen MR) is 72.6 cm³/mol. The molecule has 3 nitrogen and oxygen atoms in total. The third kappa shape index (κ3) is 2.57. The molecule has 1 N–H and O–H groups in total. The topological polar surface area (TPSA) is 38.1 Å². The van der Waals surface area contributed by atoms with Crippen LogP contribution in [0.1, 0.15) is 19.3 Å². The van der Waals surface area contributed by atoms with E-state index >= 15 is 0 Å². The van der Waals surface area contributed by atoms with Gasteiger partial charge in [0.2, 0.25) is 0 Å². The summed E-state index contributed by atoms with van der Waals surface area (Å²) < 4.78 is 5.63. The largest absolute Gasteiger partial charge is 0.424 e. The zero-order valence-electron chi connectivity index (χ0n) is 9.69. The van der Waals surface area contributed by atoms with Gasteiger partial charge in [-0.15, -0.1) is 0 Å². The minimum atomic E-state index is 0.650. The first kappa shape index (κ1) is 11.0. The number of thioether (sulfide) groups is 1. The van der Waals surface area contributed by atoms with Crippen molar-refractivity contribution in [1.82, 2.24) is 4.98 Å². The summed E-state index contributed by atoms with van der Waals surface area (Å²) in [4.78, 5) is 4.41. The van der Waals surface area contributed by atoms with Gasteiger partial charge in [0.25, 0.3) is 6.01 Å². The second-order valence-corrected chi connectivity index (χ2v) is 5.76. The van der Waals surface area contributed by atoms with Gasteiger partial charge in [0.05, 0.1) is 0 Å². The van der Waals surface area contributed by atoms with Crippen molar-refractivity contribution in [2.45, 2.75) is 24.5 Å². The van der Waals surface area contributed by atoms with Gasteiger partial charge in [0.1, 0.15) is 5.52 Å². The second-order valence-electron chi connectivity index (χ2n) is 4.36. The Balaban J connectivity index is 1.64. The van der Waals surface area contributed by atoms with E-state index in [9.17, 15) is 0 Å². The van der Waals surface area contributed by atoms with Crippen LogP contribution < -0.4 is 5.32 Å². The van der Waals surface area contributed by atoms with Gasteiger partial charge in [0, 0.05) is 11.8 Å². The maximum atomic E-state index is 5.63. The van der Waals surface area contributed by atoms with Gasteiger partial charge in [-0.1, -0.05) is 18.6 Å². The van der Waals surface area contributed by atoms with Gasteiger partial charge in [-0.05, 0) is 30.7 Å². The molecule has 0 saturated carbocycles. The van der Waals surface area contributed by atoms with E-state index < -0.39 is 0 Å². The van der Waals surface area contributed by atoms with Crippen molar-refractivity contribution in [2.75, 3.05) is 17.6 Å². The number of aromatic nitrogens is 1. The monoisotopic (exact) mass is 248 g/mol. The molecule has 1 aliphatic rings. The molecule has 2 heterocycles. The average Bonchev–Trinajstić information content (AvgIpc) is 2.80. The molecule has 0 bridgehead atoms. The summed E-state index contributed by atoms with van der Waals surface area (Å²) in [7, 11) is 0. The molecule has 1 aromatic heterocycles. The molecule has 90 valence electrons. The van der Waals surface area contributed by atoms with Crippen LogP contribution in [0, 0.1) is 0 Å². The number of hydrogen-bond acceptors (Lipinski definition) is 4. The van der Waals surface area contributed by atoms with E-state index in [0.717, 1.165) is 17.6 Å². The molecule has 0 aliphatic carbocycles. The van der Waals surface area contributed by atoms with E-state index in [4.69, 9.17) is 4.42 Å². The van der Waals surface area contributed by atoms with Crippen molar-refractivity contribution < 1.29 is 4.42 Å². The summed E-state index contributed by atoms with van der Waals surface area (Å²) in [6.45, 7) is 0.956. The first-order chi connectivity index (χ1) is 8.42. The molecule has 0 amide bonds. The molecule has 1 unspecified atom stereocenters. The van der Waals surface area contributed by atoms with Gasteiger partial charge >= 0.3 is 0 Å². The van der Waals surface area contributed by atoms with E-state index in [-0.39, 0.29) is 0 Å². The van der Waals surface area contributed by atoms with Gasteiger partial charge in [0.15, 0.2) is 5.58 Å². The highest BCUT2D eigenvalue weighted by Crippen LogP contribution is 2.25. The average molecular weight is 248 g/mol. The Morgan fingerprint density at radius 1 is 1.35 bits per heavy atom. The smallest absolute Gasteiger partial charge is 0.295 e. The van der Waals surface area contributed by atoms with Crippen LogP contribution in [0.15, 0.2) is 28.7 Å². The first-order valence-corrected chi connectivity index (χ1v) is 7.18. The van der Waals surface area contributed by atoms with Crippen molar-refractivity contribution in [3.8, 4) is 0 Å². The van der Waals surface area contributed by atoms with Crippen molar-refractivity contribution in [3.63, 3.8) is 0 Å². The van der Waals surface area contributed by atoms with E-state index in [0.29, 0.717) is 11.3 Å². The highest BCUT2D eigenvalue weighted by molar-refractivity contribution is 7.99. The number of nitrogens with one attached hydrogen (secondary N) is 1. The number of anilines is 1. The Kier molecular flexibility index (Phi) is 3.22. The van der Waals surface area contributed by atoms with Crippen LogP contribution in [0.25, 0.3) is 11.1 Å². The van der Waals surface area contributed by atoms with Gasteiger partial charge in [-0.2, -0.15) is 16.7 Å². The Labute approximate surface area is 105 Å². The summed E-state index contributed by atoms with van der Waals surface area (Å²) in [5, 5.41) is 4.01. The number of hydrogen-bond donors (Lipinski definition) is 1. The molecular weight excluding hydrogens is 232 g/mol. The summed E-state index contributed by atoms with van der Waals surface area (Å²) in [6, 6.07) is 8.51. The third-order valence-electron chi connectivity index (χ3n) is 3.05. The van der Waals surface area contributed by atoms with Crippen LogP contribution >= 0.6 is 11.8 Å². The normalized spacial score (nSPS) is 20.6. The highest BCUT2D eigenvalue weighted by atomic mass is 32.2. The SMILES string of the molecule is c1ccc2oc(NCC3CCCCS3)nc2c1. The second kappa shape index (κ2) is 5.00. The fraction of sp³-hybridized carbons (Fsp3) is 0.462.